The first-order valence-electron chi connectivity index (χ1n) is 6.03. The number of nitrogens with one attached hydrogen (secondary N) is 1. The van der Waals surface area contributed by atoms with Gasteiger partial charge in [-0.1, -0.05) is 19.9 Å². The Morgan fingerprint density at radius 1 is 1.56 bits per heavy atom. The average molecular weight is 269 g/mol. The molecule has 0 aliphatic rings. The van der Waals surface area contributed by atoms with Crippen molar-refractivity contribution in [2.45, 2.75) is 19.9 Å². The van der Waals surface area contributed by atoms with Crippen LogP contribution in [-0.2, 0) is 4.79 Å². The summed E-state index contributed by atoms with van der Waals surface area (Å²) in [4.78, 5) is 14.9. The van der Waals surface area contributed by atoms with Crippen LogP contribution in [0.5, 0.6) is 0 Å². The zero-order valence-corrected chi connectivity index (χ0v) is 12.4. The Morgan fingerprint density at radius 2 is 2.22 bits per heavy atom. The Balaban J connectivity index is 2.46. The second-order valence-electron chi connectivity index (χ2n) is 5.61. The van der Waals surface area contributed by atoms with Crippen molar-refractivity contribution in [1.29, 1.82) is 0 Å². The SMILES string of the molecule is CN(C)CC(C)(C)CNC(=O)C(N)c1cccs1. The Kier molecular flexibility index (Phi) is 5.31. The maximum atomic E-state index is 11.9. The van der Waals surface area contributed by atoms with Gasteiger partial charge in [0.2, 0.25) is 5.91 Å². The largest absolute Gasteiger partial charge is 0.354 e. The molecule has 1 rings (SSSR count). The van der Waals surface area contributed by atoms with Crippen molar-refractivity contribution in [2.75, 3.05) is 27.2 Å². The fourth-order valence-corrected chi connectivity index (χ4v) is 2.67. The highest BCUT2D eigenvalue weighted by atomic mass is 32.1. The predicted octanol–water partition coefficient (Wildman–Crippen LogP) is 1.45. The van der Waals surface area contributed by atoms with Gasteiger partial charge >= 0.3 is 0 Å². The van der Waals surface area contributed by atoms with E-state index in [1.54, 1.807) is 0 Å². The smallest absolute Gasteiger partial charge is 0.242 e. The second kappa shape index (κ2) is 6.31. The Morgan fingerprint density at radius 3 is 2.72 bits per heavy atom. The van der Waals surface area contributed by atoms with Crippen LogP contribution in [0.1, 0.15) is 24.8 Å². The van der Waals surface area contributed by atoms with Crippen molar-refractivity contribution < 1.29 is 4.79 Å². The zero-order chi connectivity index (χ0) is 13.8. The highest BCUT2D eigenvalue weighted by molar-refractivity contribution is 7.10. The van der Waals surface area contributed by atoms with Gasteiger partial charge in [-0.2, -0.15) is 0 Å². The van der Waals surface area contributed by atoms with Gasteiger partial charge in [0, 0.05) is 18.0 Å². The van der Waals surface area contributed by atoms with Crippen molar-refractivity contribution in [2.24, 2.45) is 11.1 Å². The van der Waals surface area contributed by atoms with Gasteiger partial charge in [0.05, 0.1) is 0 Å². The number of nitrogens with two attached hydrogens (primary N) is 1. The van der Waals surface area contributed by atoms with E-state index >= 15 is 0 Å². The molecule has 0 radical (unpaired) electrons. The summed E-state index contributed by atoms with van der Waals surface area (Å²) in [6.45, 7) is 5.80. The first-order valence-corrected chi connectivity index (χ1v) is 6.91. The van der Waals surface area contributed by atoms with Gasteiger partial charge in [0.1, 0.15) is 6.04 Å². The molecule has 1 aromatic rings. The Hall–Kier alpha value is -0.910. The molecule has 3 N–H and O–H groups in total. The maximum absolute atomic E-state index is 11.9. The standard InChI is InChI=1S/C13H23N3OS/c1-13(2,9-16(3)4)8-15-12(17)11(14)10-6-5-7-18-10/h5-7,11H,8-9,14H2,1-4H3,(H,15,17). The fraction of sp³-hybridized carbons (Fsp3) is 0.615. The normalized spacial score (nSPS) is 13.7. The van der Waals surface area contributed by atoms with E-state index in [4.69, 9.17) is 5.73 Å². The first kappa shape index (κ1) is 15.1. The minimum Gasteiger partial charge on any atom is -0.354 e. The second-order valence-corrected chi connectivity index (χ2v) is 6.59. The van der Waals surface area contributed by atoms with Crippen LogP contribution in [0.2, 0.25) is 0 Å². The molecule has 0 bridgehead atoms. The van der Waals surface area contributed by atoms with Crippen LogP contribution in [0.3, 0.4) is 0 Å². The highest BCUT2D eigenvalue weighted by Gasteiger charge is 2.22. The Bertz CT molecular complexity index is 374. The van der Waals surface area contributed by atoms with Crippen molar-refractivity contribution in [3.63, 3.8) is 0 Å². The monoisotopic (exact) mass is 269 g/mol. The minimum absolute atomic E-state index is 0.0360. The highest BCUT2D eigenvalue weighted by Crippen LogP contribution is 2.18. The molecule has 0 aliphatic carbocycles. The van der Waals surface area contributed by atoms with Gasteiger partial charge < -0.3 is 16.0 Å². The molecule has 1 aromatic heterocycles. The van der Waals surface area contributed by atoms with Gasteiger partial charge in [-0.15, -0.1) is 11.3 Å². The lowest BCUT2D eigenvalue weighted by Gasteiger charge is -2.28. The lowest BCUT2D eigenvalue weighted by molar-refractivity contribution is -0.122. The lowest BCUT2D eigenvalue weighted by atomic mass is 9.93. The van der Waals surface area contributed by atoms with E-state index in [9.17, 15) is 4.79 Å². The molecule has 4 nitrogen and oxygen atoms in total. The number of thiophene rings is 1. The molecule has 0 saturated carbocycles. The van der Waals surface area contributed by atoms with Gasteiger partial charge in [0.25, 0.3) is 0 Å². The summed E-state index contributed by atoms with van der Waals surface area (Å²) in [6.07, 6.45) is 0. The summed E-state index contributed by atoms with van der Waals surface area (Å²) < 4.78 is 0. The molecule has 1 amide bonds. The lowest BCUT2D eigenvalue weighted by Crippen LogP contribution is -2.42. The van der Waals surface area contributed by atoms with E-state index in [2.05, 4.69) is 24.1 Å². The summed E-state index contributed by atoms with van der Waals surface area (Å²) in [5.41, 5.74) is 5.94. The zero-order valence-electron chi connectivity index (χ0n) is 11.6. The number of amides is 1. The molecule has 0 fully saturated rings. The van der Waals surface area contributed by atoms with E-state index in [1.807, 2.05) is 31.6 Å². The summed E-state index contributed by atoms with van der Waals surface area (Å²) in [7, 11) is 4.06. The van der Waals surface area contributed by atoms with Crippen LogP contribution in [0.4, 0.5) is 0 Å². The molecule has 18 heavy (non-hydrogen) atoms. The van der Waals surface area contributed by atoms with Gasteiger partial charge in [-0.05, 0) is 31.0 Å². The predicted molar refractivity (Wildman–Crippen MR) is 76.6 cm³/mol. The summed E-state index contributed by atoms with van der Waals surface area (Å²) in [6, 6.07) is 3.24. The fourth-order valence-electron chi connectivity index (χ4n) is 1.95. The summed E-state index contributed by atoms with van der Waals surface area (Å²) in [5.74, 6) is -0.107. The van der Waals surface area contributed by atoms with Gasteiger partial charge in [-0.25, -0.2) is 0 Å². The number of carbonyl (C=O) groups is 1. The van der Waals surface area contributed by atoms with Crippen LogP contribution in [-0.4, -0.2) is 38.0 Å². The van der Waals surface area contributed by atoms with Crippen LogP contribution >= 0.6 is 11.3 Å². The topological polar surface area (TPSA) is 58.4 Å². The van der Waals surface area contributed by atoms with Gasteiger partial charge in [-0.3, -0.25) is 4.79 Å². The number of rotatable bonds is 6. The van der Waals surface area contributed by atoms with E-state index < -0.39 is 6.04 Å². The third-order valence-corrected chi connectivity index (χ3v) is 3.57. The average Bonchev–Trinajstić information content (AvgIpc) is 2.76. The molecule has 0 aliphatic heterocycles. The van der Waals surface area contributed by atoms with Crippen LogP contribution in [0, 0.1) is 5.41 Å². The molecule has 0 spiro atoms. The molecule has 0 aromatic carbocycles. The van der Waals surface area contributed by atoms with Crippen molar-refractivity contribution >= 4 is 17.2 Å². The van der Waals surface area contributed by atoms with Crippen LogP contribution < -0.4 is 11.1 Å². The molecular formula is C13H23N3OS. The first-order chi connectivity index (χ1) is 8.32. The molecule has 0 saturated heterocycles. The molecular weight excluding hydrogens is 246 g/mol. The van der Waals surface area contributed by atoms with Crippen molar-refractivity contribution in [1.82, 2.24) is 10.2 Å². The quantitative estimate of drug-likeness (QED) is 0.822. The Labute approximate surface area is 113 Å². The minimum atomic E-state index is -0.555. The van der Waals surface area contributed by atoms with E-state index in [-0.39, 0.29) is 11.3 Å². The summed E-state index contributed by atoms with van der Waals surface area (Å²) >= 11 is 1.51. The molecule has 102 valence electrons. The molecule has 1 atom stereocenters. The number of hydrogen-bond donors (Lipinski definition) is 2. The van der Waals surface area contributed by atoms with Crippen LogP contribution in [0.15, 0.2) is 17.5 Å². The summed E-state index contributed by atoms with van der Waals surface area (Å²) in [5, 5.41) is 4.86. The maximum Gasteiger partial charge on any atom is 0.242 e. The van der Waals surface area contributed by atoms with Crippen LogP contribution in [0.25, 0.3) is 0 Å². The van der Waals surface area contributed by atoms with Crippen molar-refractivity contribution in [3.8, 4) is 0 Å². The number of nitrogens with zero attached hydrogens (tertiary/aromatic N) is 1. The number of carbonyl (C=O) groups excluding carboxylic acids is 1. The third kappa shape index (κ3) is 4.76. The van der Waals surface area contributed by atoms with E-state index in [0.29, 0.717) is 6.54 Å². The van der Waals surface area contributed by atoms with E-state index in [1.165, 1.54) is 11.3 Å². The van der Waals surface area contributed by atoms with Gasteiger partial charge in [0.15, 0.2) is 0 Å². The molecule has 1 unspecified atom stereocenters. The molecule has 1 heterocycles. The van der Waals surface area contributed by atoms with Crippen molar-refractivity contribution in [3.05, 3.63) is 22.4 Å². The van der Waals surface area contributed by atoms with E-state index in [0.717, 1.165) is 11.4 Å². The molecule has 5 heteroatoms. The third-order valence-electron chi connectivity index (χ3n) is 2.62. The number of hydrogen-bond acceptors (Lipinski definition) is 4.